The van der Waals surface area contributed by atoms with Crippen molar-refractivity contribution in [3.63, 3.8) is 0 Å². The Morgan fingerprint density at radius 2 is 2.06 bits per heavy atom. The molecule has 1 saturated heterocycles. The molecule has 0 spiro atoms. The number of ether oxygens (including phenoxy) is 1. The summed E-state index contributed by atoms with van der Waals surface area (Å²) in [7, 11) is 0. The zero-order valence-electron chi connectivity index (χ0n) is 9.21. The van der Waals surface area contributed by atoms with Crippen molar-refractivity contribution in [2.24, 2.45) is 0 Å². The standard InChI is InChI=1S/C12H10N2O3/c1-8(15)9-2-4-11(5-3-9)17-12(16)14-7-10(14)6-13/h2-5,10H,7H2,1H3. The summed E-state index contributed by atoms with van der Waals surface area (Å²) in [5.74, 6) is 0.321. The van der Waals surface area contributed by atoms with Gasteiger partial charge in [0.05, 0.1) is 12.6 Å². The van der Waals surface area contributed by atoms with Crippen LogP contribution in [0.2, 0.25) is 0 Å². The van der Waals surface area contributed by atoms with E-state index < -0.39 is 6.09 Å². The van der Waals surface area contributed by atoms with Gasteiger partial charge in [-0.1, -0.05) is 0 Å². The summed E-state index contributed by atoms with van der Waals surface area (Å²) < 4.78 is 5.03. The van der Waals surface area contributed by atoms with E-state index >= 15 is 0 Å². The topological polar surface area (TPSA) is 70.2 Å². The molecule has 0 bridgehead atoms. The summed E-state index contributed by atoms with van der Waals surface area (Å²) in [6, 6.07) is 7.89. The van der Waals surface area contributed by atoms with Crippen LogP contribution in [0.25, 0.3) is 0 Å². The molecule has 2 rings (SSSR count). The van der Waals surface area contributed by atoms with Gasteiger partial charge in [0, 0.05) is 5.56 Å². The number of Topliss-reactive ketones (excluding diaryl/α,β-unsaturated/α-hetero) is 1. The van der Waals surface area contributed by atoms with Crippen LogP contribution in [-0.2, 0) is 0 Å². The average molecular weight is 230 g/mol. The molecule has 86 valence electrons. The summed E-state index contributed by atoms with van der Waals surface area (Å²) >= 11 is 0. The predicted molar refractivity (Wildman–Crippen MR) is 58.6 cm³/mol. The SMILES string of the molecule is CC(=O)c1ccc(OC(=O)N2CC2C#N)cc1. The average Bonchev–Trinajstić information content (AvgIpc) is 3.09. The second kappa shape index (κ2) is 4.26. The molecule has 1 heterocycles. The van der Waals surface area contributed by atoms with Gasteiger partial charge in [0.1, 0.15) is 11.8 Å². The highest BCUT2D eigenvalue weighted by Gasteiger charge is 2.40. The first-order valence-corrected chi connectivity index (χ1v) is 5.11. The molecule has 1 amide bonds. The van der Waals surface area contributed by atoms with Gasteiger partial charge in [-0.2, -0.15) is 5.26 Å². The maximum Gasteiger partial charge on any atom is 0.416 e. The second-order valence-electron chi connectivity index (χ2n) is 3.75. The van der Waals surface area contributed by atoms with Crippen LogP contribution in [0.1, 0.15) is 17.3 Å². The number of nitrogens with zero attached hydrogens (tertiary/aromatic N) is 2. The monoisotopic (exact) mass is 230 g/mol. The summed E-state index contributed by atoms with van der Waals surface area (Å²) in [5, 5.41) is 8.55. The fourth-order valence-corrected chi connectivity index (χ4v) is 1.37. The Kier molecular flexibility index (Phi) is 2.79. The zero-order valence-corrected chi connectivity index (χ0v) is 9.21. The Morgan fingerprint density at radius 1 is 1.41 bits per heavy atom. The third-order valence-electron chi connectivity index (χ3n) is 2.46. The Labute approximate surface area is 98.2 Å². The van der Waals surface area contributed by atoms with E-state index in [4.69, 9.17) is 10.00 Å². The van der Waals surface area contributed by atoms with E-state index in [0.29, 0.717) is 17.9 Å². The Morgan fingerprint density at radius 3 is 2.53 bits per heavy atom. The van der Waals surface area contributed by atoms with Crippen molar-refractivity contribution in [2.45, 2.75) is 13.0 Å². The minimum Gasteiger partial charge on any atom is -0.410 e. The number of rotatable bonds is 2. The molecule has 1 aliphatic rings. The molecule has 1 aromatic rings. The van der Waals surface area contributed by atoms with Crippen LogP contribution in [0.15, 0.2) is 24.3 Å². The number of hydrogen-bond acceptors (Lipinski definition) is 4. The third-order valence-corrected chi connectivity index (χ3v) is 2.46. The van der Waals surface area contributed by atoms with Gasteiger partial charge in [-0.15, -0.1) is 0 Å². The normalized spacial score (nSPS) is 17.2. The number of benzene rings is 1. The molecule has 0 N–H and O–H groups in total. The van der Waals surface area contributed by atoms with E-state index in [1.807, 2.05) is 6.07 Å². The maximum atomic E-state index is 11.4. The lowest BCUT2D eigenvalue weighted by molar-refractivity contribution is 0.101. The van der Waals surface area contributed by atoms with E-state index in [1.165, 1.54) is 11.8 Å². The largest absolute Gasteiger partial charge is 0.416 e. The molecule has 5 heteroatoms. The Hall–Kier alpha value is -2.35. The molecule has 1 aromatic carbocycles. The molecular weight excluding hydrogens is 220 g/mol. The highest BCUT2D eigenvalue weighted by Crippen LogP contribution is 2.20. The van der Waals surface area contributed by atoms with Gasteiger partial charge in [0.25, 0.3) is 0 Å². The van der Waals surface area contributed by atoms with Crippen molar-refractivity contribution in [1.29, 1.82) is 5.26 Å². The van der Waals surface area contributed by atoms with Crippen LogP contribution in [0.5, 0.6) is 5.75 Å². The van der Waals surface area contributed by atoms with E-state index in [9.17, 15) is 9.59 Å². The number of nitriles is 1. The van der Waals surface area contributed by atoms with Crippen molar-refractivity contribution in [1.82, 2.24) is 4.90 Å². The van der Waals surface area contributed by atoms with Crippen molar-refractivity contribution < 1.29 is 14.3 Å². The van der Waals surface area contributed by atoms with Crippen molar-refractivity contribution in [2.75, 3.05) is 6.54 Å². The first-order valence-electron chi connectivity index (χ1n) is 5.11. The van der Waals surface area contributed by atoms with Gasteiger partial charge >= 0.3 is 6.09 Å². The predicted octanol–water partition coefficient (Wildman–Crippen LogP) is 1.60. The van der Waals surface area contributed by atoms with Gasteiger partial charge in [0.2, 0.25) is 0 Å². The molecule has 5 nitrogen and oxygen atoms in total. The van der Waals surface area contributed by atoms with Crippen molar-refractivity contribution in [3.05, 3.63) is 29.8 Å². The van der Waals surface area contributed by atoms with Crippen LogP contribution in [-0.4, -0.2) is 29.4 Å². The van der Waals surface area contributed by atoms with Crippen molar-refractivity contribution in [3.8, 4) is 11.8 Å². The molecular formula is C12H10N2O3. The lowest BCUT2D eigenvalue weighted by atomic mass is 10.1. The van der Waals surface area contributed by atoms with Gasteiger partial charge in [0.15, 0.2) is 5.78 Å². The van der Waals surface area contributed by atoms with Gasteiger partial charge in [-0.05, 0) is 31.2 Å². The maximum absolute atomic E-state index is 11.4. The summed E-state index contributed by atoms with van der Waals surface area (Å²) in [4.78, 5) is 23.8. The van der Waals surface area contributed by atoms with Crippen LogP contribution in [0.3, 0.4) is 0 Å². The molecule has 17 heavy (non-hydrogen) atoms. The Bertz CT molecular complexity index is 501. The zero-order chi connectivity index (χ0) is 12.4. The number of carbonyl (C=O) groups excluding carboxylic acids is 2. The first kappa shape index (κ1) is 11.1. The lowest BCUT2D eigenvalue weighted by Gasteiger charge is -2.04. The van der Waals surface area contributed by atoms with Gasteiger partial charge in [-0.3, -0.25) is 9.69 Å². The molecule has 1 atom stereocenters. The molecule has 0 radical (unpaired) electrons. The van der Waals surface area contributed by atoms with Gasteiger partial charge in [-0.25, -0.2) is 4.79 Å². The number of ketones is 1. The highest BCUT2D eigenvalue weighted by atomic mass is 16.6. The quantitative estimate of drug-likeness (QED) is 0.571. The summed E-state index contributed by atoms with van der Waals surface area (Å²) in [6.45, 7) is 1.88. The molecule has 1 fully saturated rings. The lowest BCUT2D eigenvalue weighted by Crippen LogP contribution is -2.17. The molecule has 0 saturated carbocycles. The fraction of sp³-hybridized carbons (Fsp3) is 0.250. The molecule has 0 aromatic heterocycles. The minimum absolute atomic E-state index is 0.0432. The van der Waals surface area contributed by atoms with Crippen LogP contribution in [0.4, 0.5) is 4.79 Å². The van der Waals surface area contributed by atoms with Crippen molar-refractivity contribution >= 4 is 11.9 Å². The van der Waals surface area contributed by atoms with Crippen LogP contribution < -0.4 is 4.74 Å². The van der Waals surface area contributed by atoms with Crippen LogP contribution >= 0.6 is 0 Å². The number of carbonyl (C=O) groups is 2. The molecule has 1 unspecified atom stereocenters. The first-order chi connectivity index (χ1) is 8.11. The van der Waals surface area contributed by atoms with Crippen LogP contribution in [0, 0.1) is 11.3 Å². The minimum atomic E-state index is -0.535. The van der Waals surface area contributed by atoms with Gasteiger partial charge < -0.3 is 4.74 Å². The van der Waals surface area contributed by atoms with E-state index in [-0.39, 0.29) is 11.8 Å². The summed E-state index contributed by atoms with van der Waals surface area (Å²) in [5.41, 5.74) is 0.562. The Balaban J connectivity index is 1.98. The highest BCUT2D eigenvalue weighted by molar-refractivity contribution is 5.94. The van der Waals surface area contributed by atoms with E-state index in [0.717, 1.165) is 0 Å². The van der Waals surface area contributed by atoms with E-state index in [1.54, 1.807) is 24.3 Å². The fourth-order valence-electron chi connectivity index (χ4n) is 1.37. The van der Waals surface area contributed by atoms with E-state index in [2.05, 4.69) is 0 Å². The molecule has 1 aliphatic heterocycles. The number of hydrogen-bond donors (Lipinski definition) is 0. The third kappa shape index (κ3) is 2.42. The summed E-state index contributed by atoms with van der Waals surface area (Å²) in [6.07, 6.45) is -0.535. The smallest absolute Gasteiger partial charge is 0.410 e. The molecule has 0 aliphatic carbocycles. The second-order valence-corrected chi connectivity index (χ2v) is 3.75. The number of amides is 1.